The number of benzene rings is 3. The molecule has 0 aromatic heterocycles. The molecule has 1 unspecified atom stereocenters. The molecule has 2 heterocycles. The third-order valence-corrected chi connectivity index (χ3v) is 6.13. The number of phenolic OH excluding ortho intramolecular Hbond substituents is 6. The normalized spacial score (nSPS) is 19.4. The lowest BCUT2D eigenvalue weighted by Crippen LogP contribution is -2.22. The second kappa shape index (κ2) is 7.33. The smallest absolute Gasteiger partial charge is 0.157 e. The van der Waals surface area contributed by atoms with E-state index in [1.54, 1.807) is 6.07 Å². The van der Waals surface area contributed by atoms with Crippen LogP contribution >= 0.6 is 0 Å². The minimum absolute atomic E-state index is 0.0329. The first kappa shape index (κ1) is 20.0. The van der Waals surface area contributed by atoms with Crippen molar-refractivity contribution in [1.29, 1.82) is 0 Å². The summed E-state index contributed by atoms with van der Waals surface area (Å²) >= 11 is 0. The van der Waals surface area contributed by atoms with Crippen molar-refractivity contribution in [3.05, 3.63) is 58.7 Å². The van der Waals surface area contributed by atoms with E-state index in [1.165, 1.54) is 30.3 Å². The molecular weight excluding hydrogens is 416 g/mol. The largest absolute Gasteiger partial charge is 0.508 e. The van der Waals surface area contributed by atoms with Gasteiger partial charge in [0.15, 0.2) is 11.5 Å². The van der Waals surface area contributed by atoms with Gasteiger partial charge in [-0.1, -0.05) is 6.07 Å². The molecule has 0 saturated carbocycles. The van der Waals surface area contributed by atoms with Crippen molar-refractivity contribution in [3.63, 3.8) is 0 Å². The van der Waals surface area contributed by atoms with Gasteiger partial charge >= 0.3 is 0 Å². The van der Waals surface area contributed by atoms with Gasteiger partial charge in [-0.15, -0.1) is 0 Å². The summed E-state index contributed by atoms with van der Waals surface area (Å²) in [6, 6.07) is 8.34. The number of ether oxygens (including phenoxy) is 2. The van der Waals surface area contributed by atoms with Crippen molar-refractivity contribution in [1.82, 2.24) is 0 Å². The molecule has 0 aliphatic carbocycles. The van der Waals surface area contributed by atoms with Gasteiger partial charge < -0.3 is 40.1 Å². The first-order chi connectivity index (χ1) is 15.3. The molecule has 8 nitrogen and oxygen atoms in total. The molecule has 2 aliphatic heterocycles. The highest BCUT2D eigenvalue weighted by Gasteiger charge is 2.36. The zero-order chi connectivity index (χ0) is 22.6. The summed E-state index contributed by atoms with van der Waals surface area (Å²) in [5.41, 5.74) is 2.09. The van der Waals surface area contributed by atoms with Crippen molar-refractivity contribution >= 4 is 0 Å². The van der Waals surface area contributed by atoms with Gasteiger partial charge in [-0.2, -0.15) is 0 Å². The molecule has 32 heavy (non-hydrogen) atoms. The highest BCUT2D eigenvalue weighted by molar-refractivity contribution is 5.64. The number of hydrogen-bond donors (Lipinski definition) is 6. The summed E-state index contributed by atoms with van der Waals surface area (Å²) in [6.07, 6.45) is 1.00. The van der Waals surface area contributed by atoms with E-state index in [0.717, 1.165) is 0 Å². The zero-order valence-corrected chi connectivity index (χ0v) is 16.9. The molecule has 0 fully saturated rings. The number of hydrogen-bond acceptors (Lipinski definition) is 8. The molecule has 2 atom stereocenters. The van der Waals surface area contributed by atoms with Crippen molar-refractivity contribution in [2.45, 2.75) is 31.3 Å². The number of phenols is 6. The summed E-state index contributed by atoms with van der Waals surface area (Å²) in [6.45, 7) is 0.297. The standard InChI is InChI=1S/C24H22O8/c25-12-8-18(29)22(19(30)9-12)14-5-6-31-21-10-16(27)13-2-4-20(32-24(13)23(14)21)11-1-3-15(26)17(28)7-11/h1,3,7-10,14,20,25-30H,2,4-6H2/t14-,20?/m1/s1. The fraction of sp³-hybridized carbons (Fsp3) is 0.250. The lowest BCUT2D eigenvalue weighted by Gasteiger charge is -2.34. The van der Waals surface area contributed by atoms with Crippen LogP contribution in [0.25, 0.3) is 0 Å². The Kier molecular flexibility index (Phi) is 4.58. The van der Waals surface area contributed by atoms with Crippen LogP contribution in [0, 0.1) is 0 Å². The molecule has 3 aromatic carbocycles. The van der Waals surface area contributed by atoms with Gasteiger partial charge in [0.25, 0.3) is 0 Å². The third-order valence-electron chi connectivity index (χ3n) is 6.13. The van der Waals surface area contributed by atoms with Crippen LogP contribution in [0.4, 0.5) is 0 Å². The van der Waals surface area contributed by atoms with E-state index in [4.69, 9.17) is 9.47 Å². The molecule has 0 amide bonds. The second-order valence-corrected chi connectivity index (χ2v) is 8.10. The van der Waals surface area contributed by atoms with E-state index in [1.807, 2.05) is 0 Å². The predicted molar refractivity (Wildman–Crippen MR) is 113 cm³/mol. The molecule has 166 valence electrons. The van der Waals surface area contributed by atoms with Crippen molar-refractivity contribution in [2.24, 2.45) is 0 Å². The molecule has 0 saturated heterocycles. The summed E-state index contributed by atoms with van der Waals surface area (Å²) in [4.78, 5) is 0. The predicted octanol–water partition coefficient (Wildman–Crippen LogP) is 3.90. The van der Waals surface area contributed by atoms with E-state index < -0.39 is 12.0 Å². The van der Waals surface area contributed by atoms with Crippen LogP contribution in [-0.2, 0) is 6.42 Å². The Morgan fingerprint density at radius 3 is 2.19 bits per heavy atom. The average Bonchev–Trinajstić information content (AvgIpc) is 2.74. The molecule has 0 spiro atoms. The SMILES string of the molecule is Oc1cc(O)c([C@H]2CCOc3cc(O)c4c(c32)OC(c2ccc(O)c(O)c2)CC4)c(O)c1. The minimum atomic E-state index is -0.499. The van der Waals surface area contributed by atoms with Crippen molar-refractivity contribution < 1.29 is 40.1 Å². The lowest BCUT2D eigenvalue weighted by molar-refractivity contribution is 0.166. The van der Waals surface area contributed by atoms with Crippen LogP contribution in [0.15, 0.2) is 36.4 Å². The quantitative estimate of drug-likeness (QED) is 0.331. The Balaban J connectivity index is 1.64. The monoisotopic (exact) mass is 438 g/mol. The first-order valence-corrected chi connectivity index (χ1v) is 10.3. The maximum atomic E-state index is 10.6. The van der Waals surface area contributed by atoms with Gasteiger partial charge in [0.2, 0.25) is 0 Å². The Bertz CT molecular complexity index is 1200. The molecule has 0 bridgehead atoms. The van der Waals surface area contributed by atoms with Gasteiger partial charge in [-0.05, 0) is 37.0 Å². The molecule has 6 N–H and O–H groups in total. The van der Waals surface area contributed by atoms with E-state index in [9.17, 15) is 30.6 Å². The summed E-state index contributed by atoms with van der Waals surface area (Å²) in [7, 11) is 0. The van der Waals surface area contributed by atoms with Gasteiger partial charge in [0.05, 0.1) is 6.61 Å². The van der Waals surface area contributed by atoms with Gasteiger partial charge in [0, 0.05) is 40.8 Å². The highest BCUT2D eigenvalue weighted by atomic mass is 16.5. The van der Waals surface area contributed by atoms with Crippen LogP contribution in [0.1, 0.15) is 47.1 Å². The van der Waals surface area contributed by atoms with Crippen LogP contribution in [0.2, 0.25) is 0 Å². The fourth-order valence-electron chi connectivity index (χ4n) is 4.64. The van der Waals surface area contributed by atoms with Gasteiger partial charge in [-0.25, -0.2) is 0 Å². The molecule has 2 aliphatic rings. The van der Waals surface area contributed by atoms with Gasteiger partial charge in [0.1, 0.15) is 40.6 Å². The second-order valence-electron chi connectivity index (χ2n) is 8.10. The Hall–Kier alpha value is -3.94. The third kappa shape index (κ3) is 3.15. The molecule has 8 heteroatoms. The Morgan fingerprint density at radius 1 is 0.719 bits per heavy atom. The van der Waals surface area contributed by atoms with E-state index in [-0.39, 0.29) is 40.1 Å². The van der Waals surface area contributed by atoms with E-state index in [2.05, 4.69) is 0 Å². The van der Waals surface area contributed by atoms with Crippen molar-refractivity contribution in [3.8, 4) is 46.0 Å². The average molecular weight is 438 g/mol. The topological polar surface area (TPSA) is 140 Å². The maximum Gasteiger partial charge on any atom is 0.157 e. The molecule has 0 radical (unpaired) electrons. The number of rotatable bonds is 2. The Labute approximate surface area is 183 Å². The van der Waals surface area contributed by atoms with Crippen LogP contribution in [0.5, 0.6) is 46.0 Å². The molecule has 5 rings (SSSR count). The van der Waals surface area contributed by atoms with E-state index in [0.29, 0.717) is 54.1 Å². The molecule has 3 aromatic rings. The van der Waals surface area contributed by atoms with Crippen LogP contribution in [0.3, 0.4) is 0 Å². The minimum Gasteiger partial charge on any atom is -0.508 e. The first-order valence-electron chi connectivity index (χ1n) is 10.3. The van der Waals surface area contributed by atoms with Crippen LogP contribution < -0.4 is 9.47 Å². The Morgan fingerprint density at radius 2 is 1.47 bits per heavy atom. The zero-order valence-electron chi connectivity index (χ0n) is 16.9. The summed E-state index contributed by atoms with van der Waals surface area (Å²) in [5.74, 6) is -0.921. The lowest BCUT2D eigenvalue weighted by atomic mass is 9.82. The number of aromatic hydroxyl groups is 6. The van der Waals surface area contributed by atoms with Crippen LogP contribution in [-0.4, -0.2) is 37.2 Å². The summed E-state index contributed by atoms with van der Waals surface area (Å²) < 4.78 is 12.1. The molecular formula is C24H22O8. The maximum absolute atomic E-state index is 10.6. The number of fused-ring (bicyclic) bond motifs is 3. The van der Waals surface area contributed by atoms with Gasteiger partial charge in [-0.3, -0.25) is 0 Å². The highest BCUT2D eigenvalue weighted by Crippen LogP contribution is 2.54. The fourth-order valence-corrected chi connectivity index (χ4v) is 4.64. The van der Waals surface area contributed by atoms with Crippen molar-refractivity contribution in [2.75, 3.05) is 6.61 Å². The van der Waals surface area contributed by atoms with E-state index >= 15 is 0 Å². The summed E-state index contributed by atoms with van der Waals surface area (Å²) in [5, 5.41) is 60.8.